The van der Waals surface area contributed by atoms with E-state index in [2.05, 4.69) is 28.2 Å². The highest BCUT2D eigenvalue weighted by atomic mass is 79.9. The van der Waals surface area contributed by atoms with E-state index in [-0.39, 0.29) is 6.61 Å². The van der Waals surface area contributed by atoms with E-state index < -0.39 is 11.9 Å². The lowest BCUT2D eigenvalue weighted by Crippen LogP contribution is -2.21. The van der Waals surface area contributed by atoms with Crippen LogP contribution in [0.3, 0.4) is 0 Å². The molecule has 0 fully saturated rings. The quantitative estimate of drug-likeness (QED) is 0.495. The highest BCUT2D eigenvalue weighted by Crippen LogP contribution is 2.23. The third kappa shape index (κ3) is 6.19. The summed E-state index contributed by atoms with van der Waals surface area (Å²) in [5.41, 5.74) is 2.07. The van der Waals surface area contributed by atoms with Crippen molar-refractivity contribution in [1.29, 1.82) is 0 Å². The maximum absolute atomic E-state index is 12.0. The first-order valence-corrected chi connectivity index (χ1v) is 9.25. The van der Waals surface area contributed by atoms with Gasteiger partial charge in [-0.25, -0.2) is 4.79 Å². The van der Waals surface area contributed by atoms with Gasteiger partial charge in [0.15, 0.2) is 6.61 Å². The minimum Gasteiger partial charge on any atom is -0.494 e. The van der Waals surface area contributed by atoms with Crippen LogP contribution < -0.4 is 10.1 Å². The number of ether oxygens (including phenoxy) is 2. The summed E-state index contributed by atoms with van der Waals surface area (Å²) in [7, 11) is 0. The summed E-state index contributed by atoms with van der Waals surface area (Å²) >= 11 is 3.39. The van der Waals surface area contributed by atoms with Crippen molar-refractivity contribution >= 4 is 33.5 Å². The molecular weight excluding hydrogens is 398 g/mol. The van der Waals surface area contributed by atoms with E-state index in [9.17, 15) is 9.59 Å². The Morgan fingerprint density at radius 1 is 1.12 bits per heavy atom. The second kappa shape index (κ2) is 9.97. The fourth-order valence-electron chi connectivity index (χ4n) is 2.14. The topological polar surface area (TPSA) is 64.6 Å². The smallest absolute Gasteiger partial charge is 0.338 e. The molecule has 0 spiro atoms. The van der Waals surface area contributed by atoms with Crippen LogP contribution in [0, 0.1) is 6.92 Å². The van der Waals surface area contributed by atoms with Crippen LogP contribution in [0.1, 0.15) is 35.7 Å². The number of unbranched alkanes of at least 4 members (excludes halogenated alkanes) is 1. The largest absolute Gasteiger partial charge is 0.494 e. The van der Waals surface area contributed by atoms with Crippen molar-refractivity contribution in [3.63, 3.8) is 0 Å². The number of nitrogens with one attached hydrogen (secondary N) is 1. The number of carbonyl (C=O) groups is 2. The van der Waals surface area contributed by atoms with Gasteiger partial charge < -0.3 is 14.8 Å². The van der Waals surface area contributed by atoms with Crippen molar-refractivity contribution in [2.24, 2.45) is 0 Å². The van der Waals surface area contributed by atoms with E-state index in [1.165, 1.54) is 0 Å². The summed E-state index contributed by atoms with van der Waals surface area (Å²) in [5, 5.41) is 2.70. The minimum atomic E-state index is -0.553. The number of benzene rings is 2. The highest BCUT2D eigenvalue weighted by molar-refractivity contribution is 9.10. The fraction of sp³-hybridized carbons (Fsp3) is 0.300. The maximum atomic E-state index is 12.0. The number of hydrogen-bond acceptors (Lipinski definition) is 4. The second-order valence-electron chi connectivity index (χ2n) is 5.83. The predicted molar refractivity (Wildman–Crippen MR) is 105 cm³/mol. The van der Waals surface area contributed by atoms with Crippen LogP contribution in [0.4, 0.5) is 5.69 Å². The van der Waals surface area contributed by atoms with Crippen molar-refractivity contribution in [3.05, 3.63) is 58.1 Å². The first-order chi connectivity index (χ1) is 12.5. The third-order valence-corrected chi connectivity index (χ3v) is 4.25. The molecule has 0 unspecified atom stereocenters. The van der Waals surface area contributed by atoms with Crippen molar-refractivity contribution in [2.75, 3.05) is 18.5 Å². The molecule has 2 aromatic rings. The highest BCUT2D eigenvalue weighted by Gasteiger charge is 2.11. The van der Waals surface area contributed by atoms with E-state index in [1.54, 1.807) is 30.3 Å². The molecule has 6 heteroatoms. The summed E-state index contributed by atoms with van der Waals surface area (Å²) in [6.07, 6.45) is 2.04. The summed E-state index contributed by atoms with van der Waals surface area (Å²) in [6.45, 7) is 4.34. The van der Waals surface area contributed by atoms with Gasteiger partial charge in [-0.15, -0.1) is 0 Å². The molecule has 2 rings (SSSR count). The first kappa shape index (κ1) is 20.0. The van der Waals surface area contributed by atoms with E-state index in [0.29, 0.717) is 23.6 Å². The summed E-state index contributed by atoms with van der Waals surface area (Å²) in [5.74, 6) is -0.248. The lowest BCUT2D eigenvalue weighted by molar-refractivity contribution is -0.119. The van der Waals surface area contributed by atoms with Gasteiger partial charge in [0.25, 0.3) is 5.91 Å². The Bertz CT molecular complexity index is 759. The van der Waals surface area contributed by atoms with Gasteiger partial charge in [0.2, 0.25) is 0 Å². The molecule has 0 atom stereocenters. The molecule has 138 valence electrons. The average Bonchev–Trinajstić information content (AvgIpc) is 2.63. The molecular formula is C20H22BrNO4. The first-order valence-electron chi connectivity index (χ1n) is 8.45. The molecule has 1 amide bonds. The van der Waals surface area contributed by atoms with Crippen molar-refractivity contribution in [2.45, 2.75) is 26.7 Å². The number of halogens is 1. The SMILES string of the molecule is CCCCOc1ccc(C(=O)OCC(=O)Nc2ccc(C)cc2Br)cc1. The molecule has 0 aromatic heterocycles. The zero-order valence-corrected chi connectivity index (χ0v) is 16.5. The fourth-order valence-corrected chi connectivity index (χ4v) is 2.74. The molecule has 0 aliphatic rings. The normalized spacial score (nSPS) is 10.3. The van der Waals surface area contributed by atoms with Crippen LogP contribution in [0.15, 0.2) is 46.9 Å². The molecule has 0 saturated carbocycles. The van der Waals surface area contributed by atoms with Gasteiger partial charge in [0.05, 0.1) is 17.9 Å². The number of amides is 1. The maximum Gasteiger partial charge on any atom is 0.338 e. The van der Waals surface area contributed by atoms with Crippen molar-refractivity contribution < 1.29 is 19.1 Å². The van der Waals surface area contributed by atoms with Crippen molar-refractivity contribution in [1.82, 2.24) is 0 Å². The number of carbonyl (C=O) groups excluding carboxylic acids is 2. The summed E-state index contributed by atoms with van der Waals surface area (Å²) < 4.78 is 11.4. The molecule has 0 saturated heterocycles. The monoisotopic (exact) mass is 419 g/mol. The molecule has 26 heavy (non-hydrogen) atoms. The van der Waals surface area contributed by atoms with Crippen LogP contribution in [-0.4, -0.2) is 25.1 Å². The third-order valence-electron chi connectivity index (χ3n) is 3.59. The Morgan fingerprint density at radius 3 is 2.50 bits per heavy atom. The molecule has 0 radical (unpaired) electrons. The Hall–Kier alpha value is -2.34. The Labute approximate surface area is 161 Å². The van der Waals surface area contributed by atoms with Crippen LogP contribution in [0.5, 0.6) is 5.75 Å². The van der Waals surface area contributed by atoms with Gasteiger partial charge in [-0.2, -0.15) is 0 Å². The second-order valence-corrected chi connectivity index (χ2v) is 6.69. The van der Waals surface area contributed by atoms with Gasteiger partial charge in [-0.1, -0.05) is 19.4 Å². The van der Waals surface area contributed by atoms with Crippen LogP contribution in [0.2, 0.25) is 0 Å². The minimum absolute atomic E-state index is 0.353. The van der Waals surface area contributed by atoms with E-state index in [4.69, 9.17) is 9.47 Å². The van der Waals surface area contributed by atoms with Gasteiger partial charge in [0.1, 0.15) is 5.75 Å². The Kier molecular flexibility index (Phi) is 7.66. The standard InChI is InChI=1S/C20H22BrNO4/c1-3-4-11-25-16-8-6-15(7-9-16)20(24)26-13-19(23)22-18-10-5-14(2)12-17(18)21/h5-10,12H,3-4,11,13H2,1-2H3,(H,22,23). The Morgan fingerprint density at radius 2 is 1.85 bits per heavy atom. The number of hydrogen-bond donors (Lipinski definition) is 1. The van der Waals surface area contributed by atoms with Gasteiger partial charge in [-0.05, 0) is 71.2 Å². The molecule has 0 bridgehead atoms. The molecule has 0 aliphatic heterocycles. The lowest BCUT2D eigenvalue weighted by Gasteiger charge is -2.09. The summed E-state index contributed by atoms with van der Waals surface area (Å²) in [4.78, 5) is 24.0. The summed E-state index contributed by atoms with van der Waals surface area (Å²) in [6, 6.07) is 12.3. The Balaban J connectivity index is 1.82. The van der Waals surface area contributed by atoms with E-state index in [0.717, 1.165) is 22.9 Å². The predicted octanol–water partition coefficient (Wildman–Crippen LogP) is 4.73. The zero-order chi connectivity index (χ0) is 18.9. The zero-order valence-electron chi connectivity index (χ0n) is 14.9. The van der Waals surface area contributed by atoms with Gasteiger partial charge in [-0.3, -0.25) is 4.79 Å². The number of aryl methyl sites for hydroxylation is 1. The lowest BCUT2D eigenvalue weighted by atomic mass is 10.2. The van der Waals surface area contributed by atoms with E-state index >= 15 is 0 Å². The molecule has 1 N–H and O–H groups in total. The van der Waals surface area contributed by atoms with Crippen LogP contribution >= 0.6 is 15.9 Å². The number of esters is 1. The number of anilines is 1. The molecule has 0 heterocycles. The average molecular weight is 420 g/mol. The van der Waals surface area contributed by atoms with Crippen LogP contribution in [0.25, 0.3) is 0 Å². The number of rotatable bonds is 8. The van der Waals surface area contributed by atoms with E-state index in [1.807, 2.05) is 19.1 Å². The van der Waals surface area contributed by atoms with Crippen LogP contribution in [-0.2, 0) is 9.53 Å². The molecule has 2 aromatic carbocycles. The van der Waals surface area contributed by atoms with Gasteiger partial charge >= 0.3 is 5.97 Å². The molecule has 0 aliphatic carbocycles. The molecule has 5 nitrogen and oxygen atoms in total. The van der Waals surface area contributed by atoms with Gasteiger partial charge in [0, 0.05) is 4.47 Å². The van der Waals surface area contributed by atoms with Crippen molar-refractivity contribution in [3.8, 4) is 5.75 Å².